The first-order valence-electron chi connectivity index (χ1n) is 4.07. The Balaban J connectivity index is 2.39. The van der Waals surface area contributed by atoms with Gasteiger partial charge < -0.3 is 10.2 Å². The van der Waals surface area contributed by atoms with Crippen LogP contribution in [0.2, 0.25) is 0 Å². The number of carbonyl (C=O) groups is 1. The minimum absolute atomic E-state index is 0.143. The van der Waals surface area contributed by atoms with E-state index in [2.05, 4.69) is 0 Å². The molecule has 11 heavy (non-hydrogen) atoms. The Kier molecular flexibility index (Phi) is 2.88. The van der Waals surface area contributed by atoms with Crippen LogP contribution in [0.15, 0.2) is 0 Å². The van der Waals surface area contributed by atoms with Crippen molar-refractivity contribution in [3.63, 3.8) is 0 Å². The highest BCUT2D eigenvalue weighted by Crippen LogP contribution is 2.28. The monoisotopic (exact) mass is 158 g/mol. The summed E-state index contributed by atoms with van der Waals surface area (Å²) in [7, 11) is 0. The van der Waals surface area contributed by atoms with Gasteiger partial charge in [-0.25, -0.2) is 0 Å². The van der Waals surface area contributed by atoms with Gasteiger partial charge in [0.05, 0.1) is 5.92 Å². The molecule has 0 radical (unpaired) electrons. The minimum Gasteiger partial charge on any atom is -0.481 e. The molecule has 0 bridgehead atoms. The first-order chi connectivity index (χ1) is 5.24. The summed E-state index contributed by atoms with van der Waals surface area (Å²) in [6.45, 7) is 0.143. The topological polar surface area (TPSA) is 57.5 Å². The number of hydrogen-bond acceptors (Lipinski definition) is 2. The van der Waals surface area contributed by atoms with E-state index in [-0.39, 0.29) is 18.4 Å². The Morgan fingerprint density at radius 3 is 2.73 bits per heavy atom. The van der Waals surface area contributed by atoms with Gasteiger partial charge >= 0.3 is 5.97 Å². The van der Waals surface area contributed by atoms with Gasteiger partial charge in [-0.05, 0) is 25.2 Å². The maximum Gasteiger partial charge on any atom is 0.306 e. The van der Waals surface area contributed by atoms with E-state index in [4.69, 9.17) is 10.2 Å². The van der Waals surface area contributed by atoms with Gasteiger partial charge in [0.1, 0.15) is 0 Å². The van der Waals surface area contributed by atoms with Crippen LogP contribution in [0.4, 0.5) is 0 Å². The first-order valence-corrected chi connectivity index (χ1v) is 4.07. The third-order valence-electron chi connectivity index (χ3n) is 2.39. The van der Waals surface area contributed by atoms with E-state index in [0.717, 1.165) is 19.3 Å². The van der Waals surface area contributed by atoms with Crippen molar-refractivity contribution in [3.05, 3.63) is 0 Å². The summed E-state index contributed by atoms with van der Waals surface area (Å²) in [6, 6.07) is 0. The average Bonchev–Trinajstić information content (AvgIpc) is 2.05. The third kappa shape index (κ3) is 2.19. The van der Waals surface area contributed by atoms with E-state index in [9.17, 15) is 4.79 Å². The van der Waals surface area contributed by atoms with Crippen LogP contribution in [0.25, 0.3) is 0 Å². The molecule has 0 saturated heterocycles. The predicted octanol–water partition coefficient (Wildman–Crippen LogP) is 0.870. The van der Waals surface area contributed by atoms with E-state index in [1.54, 1.807) is 0 Å². The molecular weight excluding hydrogens is 144 g/mol. The summed E-state index contributed by atoms with van der Waals surface area (Å²) in [5.74, 6) is -0.686. The van der Waals surface area contributed by atoms with Gasteiger partial charge in [-0.3, -0.25) is 4.79 Å². The predicted molar refractivity (Wildman–Crippen MR) is 40.2 cm³/mol. The highest BCUT2D eigenvalue weighted by atomic mass is 16.4. The molecule has 1 aliphatic rings. The van der Waals surface area contributed by atoms with E-state index < -0.39 is 5.97 Å². The van der Waals surface area contributed by atoms with Gasteiger partial charge in [0.2, 0.25) is 0 Å². The molecule has 0 amide bonds. The molecule has 3 nitrogen and oxygen atoms in total. The van der Waals surface area contributed by atoms with Crippen molar-refractivity contribution in [2.75, 3.05) is 6.61 Å². The lowest BCUT2D eigenvalue weighted by Crippen LogP contribution is -2.24. The fourth-order valence-corrected chi connectivity index (χ4v) is 1.68. The summed E-state index contributed by atoms with van der Waals surface area (Å²) < 4.78 is 0. The van der Waals surface area contributed by atoms with E-state index in [0.29, 0.717) is 6.42 Å². The maximum absolute atomic E-state index is 10.5. The van der Waals surface area contributed by atoms with Crippen LogP contribution in [0.5, 0.6) is 0 Å². The molecule has 1 saturated carbocycles. The van der Waals surface area contributed by atoms with Gasteiger partial charge in [0.15, 0.2) is 0 Å². The first kappa shape index (κ1) is 8.53. The molecule has 1 fully saturated rings. The van der Waals surface area contributed by atoms with Crippen LogP contribution >= 0.6 is 0 Å². The van der Waals surface area contributed by atoms with Crippen molar-refractivity contribution in [1.29, 1.82) is 0 Å². The lowest BCUT2D eigenvalue weighted by Gasteiger charge is -2.24. The summed E-state index contributed by atoms with van der Waals surface area (Å²) >= 11 is 0. The second-order valence-corrected chi connectivity index (χ2v) is 3.25. The highest BCUT2D eigenvalue weighted by Gasteiger charge is 2.25. The normalized spacial score (nSPS) is 31.7. The van der Waals surface area contributed by atoms with Crippen molar-refractivity contribution >= 4 is 5.97 Å². The molecule has 0 aromatic heterocycles. The van der Waals surface area contributed by atoms with Gasteiger partial charge in [-0.15, -0.1) is 0 Å². The quantitative estimate of drug-likeness (QED) is 0.627. The molecule has 64 valence electrons. The second-order valence-electron chi connectivity index (χ2n) is 3.25. The molecule has 0 heterocycles. The number of aliphatic carboxylic acids is 1. The molecule has 2 N–H and O–H groups in total. The number of hydrogen-bond donors (Lipinski definition) is 2. The lowest BCUT2D eigenvalue weighted by atomic mass is 9.82. The van der Waals surface area contributed by atoms with E-state index >= 15 is 0 Å². The molecule has 3 heteroatoms. The van der Waals surface area contributed by atoms with Gasteiger partial charge in [0.25, 0.3) is 0 Å². The van der Waals surface area contributed by atoms with E-state index in [1.807, 2.05) is 0 Å². The molecule has 1 rings (SSSR count). The molecular formula is C8H14O3. The Bertz CT molecular complexity index is 144. The molecule has 0 aliphatic heterocycles. The molecule has 0 aromatic carbocycles. The summed E-state index contributed by atoms with van der Waals surface area (Å²) in [5.41, 5.74) is 0. The third-order valence-corrected chi connectivity index (χ3v) is 2.39. The fraction of sp³-hybridized carbons (Fsp3) is 0.875. The minimum atomic E-state index is -0.705. The molecule has 0 aromatic rings. The van der Waals surface area contributed by atoms with Crippen LogP contribution < -0.4 is 0 Å². The van der Waals surface area contributed by atoms with Gasteiger partial charge in [0, 0.05) is 6.61 Å². The van der Waals surface area contributed by atoms with Crippen LogP contribution in [0.3, 0.4) is 0 Å². The zero-order valence-corrected chi connectivity index (χ0v) is 6.49. The summed E-state index contributed by atoms with van der Waals surface area (Å²) in [5, 5.41) is 17.5. The second kappa shape index (κ2) is 3.72. The largest absolute Gasteiger partial charge is 0.481 e. The average molecular weight is 158 g/mol. The SMILES string of the molecule is O=C(O)C1CCC[C@H](CO)C1. The summed E-state index contributed by atoms with van der Waals surface area (Å²) in [6.07, 6.45) is 3.38. The van der Waals surface area contributed by atoms with Crippen LogP contribution in [-0.4, -0.2) is 22.8 Å². The van der Waals surface area contributed by atoms with Crippen molar-refractivity contribution in [2.24, 2.45) is 11.8 Å². The van der Waals surface area contributed by atoms with Crippen molar-refractivity contribution in [3.8, 4) is 0 Å². The smallest absolute Gasteiger partial charge is 0.306 e. The fourth-order valence-electron chi connectivity index (χ4n) is 1.68. The number of rotatable bonds is 2. The van der Waals surface area contributed by atoms with E-state index in [1.165, 1.54) is 0 Å². The van der Waals surface area contributed by atoms with Crippen molar-refractivity contribution < 1.29 is 15.0 Å². The maximum atomic E-state index is 10.5. The van der Waals surface area contributed by atoms with Crippen LogP contribution in [0, 0.1) is 11.8 Å². The highest BCUT2D eigenvalue weighted by molar-refractivity contribution is 5.70. The zero-order valence-electron chi connectivity index (χ0n) is 6.49. The van der Waals surface area contributed by atoms with Crippen LogP contribution in [0.1, 0.15) is 25.7 Å². The molecule has 1 unspecified atom stereocenters. The number of carboxylic acid groups (broad SMARTS) is 1. The Labute approximate surface area is 66.0 Å². The Morgan fingerprint density at radius 2 is 2.18 bits per heavy atom. The molecule has 0 spiro atoms. The lowest BCUT2D eigenvalue weighted by molar-refractivity contribution is -0.143. The Morgan fingerprint density at radius 1 is 1.45 bits per heavy atom. The number of carboxylic acids is 1. The zero-order chi connectivity index (χ0) is 8.27. The standard InChI is InChI=1S/C8H14O3/c9-5-6-2-1-3-7(4-6)8(10)11/h6-7,9H,1-5H2,(H,10,11)/t6-,7?/m0/s1. The number of aliphatic hydroxyl groups excluding tert-OH is 1. The van der Waals surface area contributed by atoms with Gasteiger partial charge in [-0.1, -0.05) is 6.42 Å². The van der Waals surface area contributed by atoms with Crippen molar-refractivity contribution in [2.45, 2.75) is 25.7 Å². The molecule has 1 aliphatic carbocycles. The van der Waals surface area contributed by atoms with Crippen LogP contribution in [-0.2, 0) is 4.79 Å². The number of aliphatic hydroxyl groups is 1. The molecule has 2 atom stereocenters. The Hall–Kier alpha value is -0.570. The van der Waals surface area contributed by atoms with Crippen molar-refractivity contribution in [1.82, 2.24) is 0 Å². The van der Waals surface area contributed by atoms with Gasteiger partial charge in [-0.2, -0.15) is 0 Å². The summed E-state index contributed by atoms with van der Waals surface area (Å²) in [4.78, 5) is 10.5.